The Labute approximate surface area is 368 Å². The zero-order chi connectivity index (χ0) is 43.0. The van der Waals surface area contributed by atoms with Gasteiger partial charge in [-0.1, -0.05) is 264 Å². The van der Waals surface area contributed by atoms with Gasteiger partial charge < -0.3 is 20.3 Å². The molecule has 0 aliphatic carbocycles. The number of carbonyl (C=O) groups excluding carboxylic acids is 2. The third-order valence-corrected chi connectivity index (χ3v) is 12.7. The maximum absolute atomic E-state index is 12.5. The van der Waals surface area contributed by atoms with E-state index in [1.807, 2.05) is 0 Å². The van der Waals surface area contributed by atoms with Crippen LogP contribution in [0.2, 0.25) is 0 Å². The lowest BCUT2D eigenvalue weighted by Crippen LogP contribution is -2.45. The lowest BCUT2D eigenvalue weighted by Gasteiger charge is -2.22. The fraction of sp³-hybridized carbons (Fsp3) is 0.962. The summed E-state index contributed by atoms with van der Waals surface area (Å²) >= 11 is 0. The van der Waals surface area contributed by atoms with E-state index >= 15 is 0 Å². The number of esters is 1. The van der Waals surface area contributed by atoms with Gasteiger partial charge in [0, 0.05) is 12.8 Å². The zero-order valence-electron chi connectivity index (χ0n) is 40.0. The molecule has 0 fully saturated rings. The maximum Gasteiger partial charge on any atom is 0.305 e. The van der Waals surface area contributed by atoms with Crippen molar-refractivity contribution in [2.45, 2.75) is 315 Å². The Morgan fingerprint density at radius 1 is 0.407 bits per heavy atom. The lowest BCUT2D eigenvalue weighted by atomic mass is 10.0. The van der Waals surface area contributed by atoms with Gasteiger partial charge in [0.15, 0.2) is 0 Å². The van der Waals surface area contributed by atoms with E-state index in [1.165, 1.54) is 212 Å². The first kappa shape index (κ1) is 57.9. The molecule has 0 saturated carbocycles. The molecule has 1 amide bonds. The van der Waals surface area contributed by atoms with Gasteiger partial charge in [-0.2, -0.15) is 0 Å². The Balaban J connectivity index is 3.47. The molecule has 0 bridgehead atoms. The van der Waals surface area contributed by atoms with Crippen molar-refractivity contribution in [1.82, 2.24) is 5.32 Å². The molecule has 0 aliphatic rings. The lowest BCUT2D eigenvalue weighted by molar-refractivity contribution is -0.143. The highest BCUT2D eigenvalue weighted by atomic mass is 16.5. The Morgan fingerprint density at radius 2 is 0.695 bits per heavy atom. The minimum atomic E-state index is -0.677. The molecule has 0 heterocycles. The van der Waals surface area contributed by atoms with Gasteiger partial charge in [0.05, 0.1) is 25.4 Å². The number of amides is 1. The standard InChI is InChI=1S/C53H105NO5/c1-3-5-7-9-11-13-15-16-17-18-19-20-21-22-23-24-26-29-33-37-41-45-51(56)50(49-55)54-52(57)46-42-38-34-30-27-28-32-36-40-44-48-59-53(58)47-43-39-35-31-25-14-12-10-8-6-4-2/h50-51,55-56H,3-49H2,1-2H3,(H,54,57). The van der Waals surface area contributed by atoms with Gasteiger partial charge in [-0.05, 0) is 25.7 Å². The average Bonchev–Trinajstić information content (AvgIpc) is 3.24. The summed E-state index contributed by atoms with van der Waals surface area (Å²) in [5, 5.41) is 23.3. The van der Waals surface area contributed by atoms with Crippen molar-refractivity contribution in [3.8, 4) is 0 Å². The van der Waals surface area contributed by atoms with Crippen molar-refractivity contribution in [3.63, 3.8) is 0 Å². The van der Waals surface area contributed by atoms with Gasteiger partial charge in [-0.15, -0.1) is 0 Å². The van der Waals surface area contributed by atoms with E-state index < -0.39 is 12.1 Å². The summed E-state index contributed by atoms with van der Waals surface area (Å²) in [4.78, 5) is 24.5. The Hall–Kier alpha value is -1.14. The smallest absolute Gasteiger partial charge is 0.305 e. The predicted octanol–water partition coefficient (Wildman–Crippen LogP) is 16.0. The van der Waals surface area contributed by atoms with E-state index in [4.69, 9.17) is 4.74 Å². The zero-order valence-corrected chi connectivity index (χ0v) is 40.0. The van der Waals surface area contributed by atoms with Crippen LogP contribution in [-0.2, 0) is 14.3 Å². The average molecular weight is 836 g/mol. The van der Waals surface area contributed by atoms with Crippen molar-refractivity contribution in [2.24, 2.45) is 0 Å². The third-order valence-electron chi connectivity index (χ3n) is 12.7. The van der Waals surface area contributed by atoms with Crippen molar-refractivity contribution >= 4 is 11.9 Å². The topological polar surface area (TPSA) is 95.9 Å². The summed E-state index contributed by atoms with van der Waals surface area (Å²) in [7, 11) is 0. The first-order chi connectivity index (χ1) is 29.0. The molecule has 352 valence electrons. The number of ether oxygens (including phenoxy) is 1. The van der Waals surface area contributed by atoms with Crippen LogP contribution in [0.1, 0.15) is 303 Å². The number of hydrogen-bond acceptors (Lipinski definition) is 5. The van der Waals surface area contributed by atoms with Gasteiger partial charge >= 0.3 is 5.97 Å². The van der Waals surface area contributed by atoms with E-state index in [-0.39, 0.29) is 18.5 Å². The fourth-order valence-electron chi connectivity index (χ4n) is 8.52. The molecule has 6 nitrogen and oxygen atoms in total. The van der Waals surface area contributed by atoms with Gasteiger partial charge in [-0.3, -0.25) is 9.59 Å². The summed E-state index contributed by atoms with van der Waals surface area (Å²) in [6.07, 6.45) is 55.0. The highest BCUT2D eigenvalue weighted by molar-refractivity contribution is 5.76. The number of nitrogens with one attached hydrogen (secondary N) is 1. The molecule has 0 aromatic rings. The molecule has 0 radical (unpaired) electrons. The minimum absolute atomic E-state index is 0.0179. The van der Waals surface area contributed by atoms with E-state index in [0.29, 0.717) is 25.9 Å². The van der Waals surface area contributed by atoms with Crippen LogP contribution in [-0.4, -0.2) is 47.4 Å². The van der Waals surface area contributed by atoms with Crippen LogP contribution in [0.3, 0.4) is 0 Å². The molecule has 59 heavy (non-hydrogen) atoms. The van der Waals surface area contributed by atoms with Crippen LogP contribution in [0, 0.1) is 0 Å². The molecule has 6 heteroatoms. The Kier molecular flexibility index (Phi) is 48.6. The van der Waals surface area contributed by atoms with Gasteiger partial charge in [0.1, 0.15) is 0 Å². The number of aliphatic hydroxyl groups is 2. The summed E-state index contributed by atoms with van der Waals surface area (Å²) in [5.74, 6) is -0.0719. The van der Waals surface area contributed by atoms with Crippen LogP contribution in [0.25, 0.3) is 0 Å². The largest absolute Gasteiger partial charge is 0.466 e. The molecule has 2 atom stereocenters. The highest BCUT2D eigenvalue weighted by Crippen LogP contribution is 2.17. The molecular weight excluding hydrogens is 731 g/mol. The van der Waals surface area contributed by atoms with Crippen LogP contribution in [0.5, 0.6) is 0 Å². The SMILES string of the molecule is CCCCCCCCCCCCCCCCCCCCCCCC(O)C(CO)NC(=O)CCCCCCCCCCCCOC(=O)CCCCCCCCCCCCC. The van der Waals surface area contributed by atoms with E-state index in [0.717, 1.165) is 57.8 Å². The van der Waals surface area contributed by atoms with Crippen molar-refractivity contribution < 1.29 is 24.5 Å². The molecule has 0 aromatic heterocycles. The summed E-state index contributed by atoms with van der Waals surface area (Å²) in [6.45, 7) is 4.92. The van der Waals surface area contributed by atoms with Gasteiger partial charge in [0.2, 0.25) is 5.91 Å². The van der Waals surface area contributed by atoms with Crippen molar-refractivity contribution in [2.75, 3.05) is 13.2 Å². The normalized spacial score (nSPS) is 12.5. The molecule has 0 aliphatic heterocycles. The minimum Gasteiger partial charge on any atom is -0.466 e. The fourth-order valence-corrected chi connectivity index (χ4v) is 8.52. The van der Waals surface area contributed by atoms with E-state index in [2.05, 4.69) is 19.2 Å². The van der Waals surface area contributed by atoms with Gasteiger partial charge in [-0.25, -0.2) is 0 Å². The number of unbranched alkanes of at least 4 members (excludes halogenated alkanes) is 39. The Morgan fingerprint density at radius 3 is 1.03 bits per heavy atom. The van der Waals surface area contributed by atoms with Crippen LogP contribution in [0.15, 0.2) is 0 Å². The molecular formula is C53H105NO5. The van der Waals surface area contributed by atoms with E-state index in [9.17, 15) is 19.8 Å². The third kappa shape index (κ3) is 46.2. The highest BCUT2D eigenvalue weighted by Gasteiger charge is 2.20. The number of hydrogen-bond donors (Lipinski definition) is 3. The molecule has 0 aromatic carbocycles. The second-order valence-corrected chi connectivity index (χ2v) is 18.6. The monoisotopic (exact) mass is 836 g/mol. The molecule has 2 unspecified atom stereocenters. The number of carbonyl (C=O) groups is 2. The number of rotatable bonds is 50. The van der Waals surface area contributed by atoms with Crippen molar-refractivity contribution in [3.05, 3.63) is 0 Å². The summed E-state index contributed by atoms with van der Waals surface area (Å²) in [5.41, 5.74) is 0. The molecule has 0 spiro atoms. The van der Waals surface area contributed by atoms with E-state index in [1.54, 1.807) is 0 Å². The quantitative estimate of drug-likeness (QED) is 0.0419. The molecule has 0 rings (SSSR count). The molecule has 0 saturated heterocycles. The first-order valence-electron chi connectivity index (χ1n) is 26.8. The summed E-state index contributed by atoms with van der Waals surface area (Å²) < 4.78 is 5.44. The second kappa shape index (κ2) is 49.5. The van der Waals surface area contributed by atoms with Crippen molar-refractivity contribution in [1.29, 1.82) is 0 Å². The number of aliphatic hydroxyl groups excluding tert-OH is 2. The molecule has 3 N–H and O–H groups in total. The van der Waals surface area contributed by atoms with Crippen LogP contribution in [0.4, 0.5) is 0 Å². The predicted molar refractivity (Wildman–Crippen MR) is 255 cm³/mol. The van der Waals surface area contributed by atoms with Gasteiger partial charge in [0.25, 0.3) is 0 Å². The second-order valence-electron chi connectivity index (χ2n) is 18.6. The summed E-state index contributed by atoms with van der Waals surface area (Å²) in [6, 6.07) is -0.557. The van der Waals surface area contributed by atoms with Crippen LogP contribution < -0.4 is 5.32 Å². The first-order valence-corrected chi connectivity index (χ1v) is 26.8. The maximum atomic E-state index is 12.5. The van der Waals surface area contributed by atoms with Crippen LogP contribution >= 0.6 is 0 Å². The Bertz CT molecular complexity index is 837.